The first kappa shape index (κ1) is 39.2. The van der Waals surface area contributed by atoms with Crippen molar-refractivity contribution in [2.75, 3.05) is 19.0 Å². The zero-order valence-electron chi connectivity index (χ0n) is 29.1. The number of carbonyl (C=O) groups is 4. The van der Waals surface area contributed by atoms with Crippen LogP contribution in [0.15, 0.2) is 0 Å². The molecule has 3 heterocycles. The molecule has 0 aromatic heterocycles. The first-order valence-electron chi connectivity index (χ1n) is 15.7. The van der Waals surface area contributed by atoms with E-state index in [1.807, 2.05) is 0 Å². The average Bonchev–Trinajstić information content (AvgIpc) is 2.93. The van der Waals surface area contributed by atoms with Crippen LogP contribution in [-0.4, -0.2) is 106 Å². The molecule has 0 saturated carbocycles. The van der Waals surface area contributed by atoms with Gasteiger partial charge >= 0.3 is 26.5 Å². The Kier molecular flexibility index (Phi) is 12.9. The van der Waals surface area contributed by atoms with Gasteiger partial charge in [0.15, 0.2) is 12.4 Å². The maximum Gasteiger partial charge on any atom is 0.349 e. The second-order valence-electron chi connectivity index (χ2n) is 14.2. The molecule has 3 aliphatic heterocycles. The molecule has 1 N–H and O–H groups in total. The molecule has 0 aromatic carbocycles. The zero-order chi connectivity index (χ0) is 35.5. The summed E-state index contributed by atoms with van der Waals surface area (Å²) < 4.78 is 49.9. The fraction of sp³-hybridized carbons (Fsp3) is 0.839. The van der Waals surface area contributed by atoms with E-state index in [4.69, 9.17) is 37.3 Å². The van der Waals surface area contributed by atoms with E-state index >= 15 is 0 Å². The van der Waals surface area contributed by atoms with Crippen LogP contribution in [0.1, 0.15) is 76.2 Å². The topological polar surface area (TPSA) is 178 Å². The van der Waals surface area contributed by atoms with Gasteiger partial charge in [-0.3, -0.25) is 19.2 Å². The fourth-order valence-electron chi connectivity index (χ4n) is 6.71. The highest BCUT2D eigenvalue weighted by Crippen LogP contribution is 2.55. The van der Waals surface area contributed by atoms with Crippen LogP contribution in [0.2, 0.25) is 10.1 Å². The van der Waals surface area contributed by atoms with Crippen molar-refractivity contribution < 1.29 is 56.5 Å². The predicted octanol–water partition coefficient (Wildman–Crippen LogP) is 3.10. The number of hydrogen-bond donors (Lipinski definition) is 1. The van der Waals surface area contributed by atoms with Crippen molar-refractivity contribution in [2.45, 2.75) is 141 Å². The lowest BCUT2D eigenvalue weighted by molar-refractivity contribution is -0.320. The maximum atomic E-state index is 12.6. The summed E-state index contributed by atoms with van der Waals surface area (Å²) in [6.07, 6.45) is -6.62. The Labute approximate surface area is 282 Å². The average molecular weight is 703 g/mol. The van der Waals surface area contributed by atoms with Crippen LogP contribution in [0.3, 0.4) is 0 Å². The molecule has 0 spiro atoms. The molecule has 3 aliphatic rings. The van der Waals surface area contributed by atoms with Crippen molar-refractivity contribution in [1.29, 1.82) is 5.26 Å². The van der Waals surface area contributed by atoms with Crippen molar-refractivity contribution in [3.8, 4) is 6.07 Å². The van der Waals surface area contributed by atoms with Crippen LogP contribution in [0, 0.1) is 17.2 Å². The Hall–Kier alpha value is -2.26. The minimum atomic E-state index is -3.10. The van der Waals surface area contributed by atoms with Gasteiger partial charge in [-0.2, -0.15) is 5.26 Å². The highest BCUT2D eigenvalue weighted by Gasteiger charge is 2.65. The summed E-state index contributed by atoms with van der Waals surface area (Å²) in [5.74, 6) is -2.85. The Balaban J connectivity index is 2.13. The molecule has 16 heteroatoms. The highest BCUT2D eigenvalue weighted by molar-refractivity contribution is 8.00. The maximum absolute atomic E-state index is 12.6. The smallest absolute Gasteiger partial charge is 0.349 e. The second-order valence-corrected chi connectivity index (χ2v) is 20.0. The van der Waals surface area contributed by atoms with E-state index in [9.17, 15) is 24.4 Å². The molecule has 0 aliphatic carbocycles. The fourth-order valence-corrected chi connectivity index (χ4v) is 12.6. The number of nitriles is 1. The summed E-state index contributed by atoms with van der Waals surface area (Å²) in [4.78, 5) is 48.8. The van der Waals surface area contributed by atoms with Gasteiger partial charge in [-0.25, -0.2) is 0 Å². The quantitative estimate of drug-likeness (QED) is 0.211. The van der Waals surface area contributed by atoms with Crippen LogP contribution in [-0.2, 0) is 56.5 Å². The van der Waals surface area contributed by atoms with Gasteiger partial charge in [0, 0.05) is 43.7 Å². The van der Waals surface area contributed by atoms with Crippen LogP contribution >= 0.6 is 11.8 Å². The molecule has 266 valence electrons. The number of amides is 1. The number of rotatable bonds is 9. The van der Waals surface area contributed by atoms with Crippen molar-refractivity contribution >= 4 is 44.1 Å². The van der Waals surface area contributed by atoms with Crippen molar-refractivity contribution in [3.05, 3.63) is 0 Å². The summed E-state index contributed by atoms with van der Waals surface area (Å²) in [5.41, 5.74) is -0.718. The number of carbonyl (C=O) groups excluding carboxylic acids is 4. The van der Waals surface area contributed by atoms with E-state index in [0.717, 1.165) is 0 Å². The third kappa shape index (κ3) is 9.05. The summed E-state index contributed by atoms with van der Waals surface area (Å²) in [6.45, 7) is 19.1. The lowest BCUT2D eigenvalue weighted by atomic mass is 9.91. The van der Waals surface area contributed by atoms with Gasteiger partial charge in [-0.1, -0.05) is 48.5 Å². The second kappa shape index (κ2) is 15.5. The number of ether oxygens (including phenoxy) is 6. The standard InChI is InChI=1S/C31H50N2O12SSi/c1-16-24(40-19(4)36)25(41-20(5)37)21(14-38-18(3)35)42-28(16)44-27-23(33-17(2)34)29(46-13-12-32)43-22-15-39-47(30(6,7)8,31(9,10)11)45-26(22)27/h16,21-29H,13-15H2,1-11H3,(H,33,34)/t16?,21-,22?,23?,24?,25-,26+,27+,28-,29-/m0/s1. The summed E-state index contributed by atoms with van der Waals surface area (Å²) in [5, 5.41) is 11.6. The van der Waals surface area contributed by atoms with E-state index in [1.54, 1.807) is 6.92 Å². The number of hydrogen-bond acceptors (Lipinski definition) is 14. The van der Waals surface area contributed by atoms with E-state index < -0.39 is 96.9 Å². The van der Waals surface area contributed by atoms with Gasteiger partial charge < -0.3 is 42.6 Å². The normalized spacial score (nSPS) is 33.8. The summed E-state index contributed by atoms with van der Waals surface area (Å²) in [6, 6.07) is 1.30. The number of esters is 3. The monoisotopic (exact) mass is 702 g/mol. The highest BCUT2D eigenvalue weighted by atomic mass is 32.2. The Morgan fingerprint density at radius 3 is 2.02 bits per heavy atom. The van der Waals surface area contributed by atoms with Crippen molar-refractivity contribution in [2.24, 2.45) is 5.92 Å². The van der Waals surface area contributed by atoms with Crippen LogP contribution in [0.25, 0.3) is 0 Å². The molecular formula is C31H50N2O12SSi. The van der Waals surface area contributed by atoms with Gasteiger partial charge in [0.25, 0.3) is 0 Å². The number of fused-ring (bicyclic) bond motifs is 1. The van der Waals surface area contributed by atoms with Crippen molar-refractivity contribution in [1.82, 2.24) is 5.32 Å². The molecule has 10 atom stereocenters. The van der Waals surface area contributed by atoms with Crippen LogP contribution in [0.5, 0.6) is 0 Å². The first-order valence-corrected chi connectivity index (χ1v) is 18.6. The van der Waals surface area contributed by atoms with Gasteiger partial charge in [0.1, 0.15) is 42.6 Å². The SMILES string of the molecule is CC(=O)NC1[C@@H](O[C@@H]2O[C@@H](COC(C)=O)[C@H](OC(C)=O)C(OC(C)=O)C2C)[C@@H]2O[Si](C(C)(C)C)(C(C)(C)C)OCC2O[C@H]1SCC#N. The number of nitrogens with one attached hydrogen (secondary N) is 1. The Morgan fingerprint density at radius 1 is 0.915 bits per heavy atom. The van der Waals surface area contributed by atoms with Gasteiger partial charge in [-0.15, -0.1) is 11.8 Å². The molecule has 0 radical (unpaired) electrons. The van der Waals surface area contributed by atoms with E-state index in [0.29, 0.717) is 0 Å². The molecule has 3 rings (SSSR count). The molecular weight excluding hydrogens is 652 g/mol. The molecule has 0 aromatic rings. The minimum absolute atomic E-state index is 0.0780. The van der Waals surface area contributed by atoms with E-state index in [2.05, 4.69) is 52.9 Å². The molecule has 0 bridgehead atoms. The van der Waals surface area contributed by atoms with Crippen LogP contribution < -0.4 is 5.32 Å². The molecule has 3 saturated heterocycles. The Morgan fingerprint density at radius 2 is 1.51 bits per heavy atom. The zero-order valence-corrected chi connectivity index (χ0v) is 31.0. The first-order chi connectivity index (χ1) is 21.7. The molecule has 3 fully saturated rings. The summed E-state index contributed by atoms with van der Waals surface area (Å²) >= 11 is 1.21. The number of nitrogens with zero attached hydrogens (tertiary/aromatic N) is 1. The summed E-state index contributed by atoms with van der Waals surface area (Å²) in [7, 11) is -3.10. The largest absolute Gasteiger partial charge is 0.463 e. The molecule has 4 unspecified atom stereocenters. The minimum Gasteiger partial charge on any atom is -0.463 e. The number of thioether (sulfide) groups is 1. The van der Waals surface area contributed by atoms with E-state index in [1.165, 1.54) is 39.5 Å². The van der Waals surface area contributed by atoms with Gasteiger partial charge in [-0.05, 0) is 0 Å². The van der Waals surface area contributed by atoms with E-state index in [-0.39, 0.29) is 24.9 Å². The lowest BCUT2D eigenvalue weighted by Gasteiger charge is -2.58. The third-order valence-electron chi connectivity index (χ3n) is 8.35. The van der Waals surface area contributed by atoms with Crippen LogP contribution in [0.4, 0.5) is 0 Å². The molecule has 14 nitrogen and oxygen atoms in total. The third-order valence-corrected chi connectivity index (χ3v) is 14.5. The Bertz CT molecular complexity index is 1190. The molecule has 1 amide bonds. The lowest BCUT2D eigenvalue weighted by Crippen LogP contribution is -2.73. The predicted molar refractivity (Wildman–Crippen MR) is 171 cm³/mol. The molecule has 47 heavy (non-hydrogen) atoms. The van der Waals surface area contributed by atoms with Gasteiger partial charge in [0.05, 0.1) is 24.5 Å². The van der Waals surface area contributed by atoms with Crippen molar-refractivity contribution in [3.63, 3.8) is 0 Å². The van der Waals surface area contributed by atoms with Gasteiger partial charge in [0.2, 0.25) is 5.91 Å².